The lowest BCUT2D eigenvalue weighted by atomic mass is 9.97. The number of amides is 1. The van der Waals surface area contributed by atoms with Crippen molar-refractivity contribution in [3.63, 3.8) is 0 Å². The molecular formula is C35H46N4O11S. The van der Waals surface area contributed by atoms with E-state index in [0.717, 1.165) is 5.56 Å². The minimum absolute atomic E-state index is 0.00229. The van der Waals surface area contributed by atoms with Crippen LogP contribution in [0.25, 0.3) is 0 Å². The number of nitrogens with one attached hydrogen (secondary N) is 1. The summed E-state index contributed by atoms with van der Waals surface area (Å²) in [6.45, 7) is 10.4. The van der Waals surface area contributed by atoms with Gasteiger partial charge in [-0.3, -0.25) is 0 Å². The van der Waals surface area contributed by atoms with Gasteiger partial charge in [0.2, 0.25) is 28.5 Å². The van der Waals surface area contributed by atoms with E-state index in [9.17, 15) is 18.3 Å². The van der Waals surface area contributed by atoms with Crippen LogP contribution < -0.4 is 19.5 Å². The molecule has 3 aromatic rings. The van der Waals surface area contributed by atoms with Gasteiger partial charge in [-0.1, -0.05) is 51.9 Å². The van der Waals surface area contributed by atoms with E-state index in [1.807, 2.05) is 34.6 Å². The first-order valence-corrected chi connectivity index (χ1v) is 18.5. The molecule has 2 aromatic carbocycles. The molecule has 0 bridgehead atoms. The van der Waals surface area contributed by atoms with Crippen LogP contribution in [-0.2, 0) is 42.7 Å². The number of hydrogen-bond donors (Lipinski definition) is 2. The van der Waals surface area contributed by atoms with E-state index in [4.69, 9.17) is 32.9 Å². The van der Waals surface area contributed by atoms with Crippen LogP contribution in [0.2, 0.25) is 0 Å². The van der Waals surface area contributed by atoms with Crippen LogP contribution in [0.5, 0.6) is 17.2 Å². The summed E-state index contributed by atoms with van der Waals surface area (Å²) in [5, 5.41) is 18.5. The molecule has 0 saturated carbocycles. The highest BCUT2D eigenvalue weighted by Gasteiger charge is 2.44. The molecule has 51 heavy (non-hydrogen) atoms. The fraction of sp³-hybridized carbons (Fsp3) is 0.571. The molecule has 2 fully saturated rings. The molecule has 5 atom stereocenters. The lowest BCUT2D eigenvalue weighted by Gasteiger charge is -2.31. The number of fused-ring (bicyclic) bond motifs is 2. The summed E-state index contributed by atoms with van der Waals surface area (Å²) in [7, 11) is -4.09. The number of nitrogens with zero attached hydrogens (tertiary/aromatic N) is 3. The second-order valence-electron chi connectivity index (χ2n) is 14.4. The summed E-state index contributed by atoms with van der Waals surface area (Å²) in [6, 6.07) is 10.6. The van der Waals surface area contributed by atoms with Crippen LogP contribution in [-0.4, -0.2) is 91.7 Å². The van der Waals surface area contributed by atoms with Gasteiger partial charge in [0.1, 0.15) is 11.9 Å². The molecule has 6 rings (SSSR count). The number of rotatable bonds is 14. The molecule has 278 valence electrons. The van der Waals surface area contributed by atoms with Gasteiger partial charge in [0.25, 0.3) is 0 Å². The molecule has 2 N–H and O–H groups in total. The third-order valence-corrected chi connectivity index (χ3v) is 10.6. The second kappa shape index (κ2) is 15.3. The number of hydrogen-bond acceptors (Lipinski definition) is 13. The maximum atomic E-state index is 13.9. The maximum Gasteiger partial charge on any atom is 0.407 e. The van der Waals surface area contributed by atoms with Gasteiger partial charge in [0.05, 0.1) is 36.2 Å². The van der Waals surface area contributed by atoms with Gasteiger partial charge in [-0.25, -0.2) is 13.2 Å². The first-order chi connectivity index (χ1) is 24.3. The van der Waals surface area contributed by atoms with Gasteiger partial charge in [-0.2, -0.15) is 9.29 Å². The van der Waals surface area contributed by atoms with E-state index in [1.165, 1.54) is 16.4 Å². The lowest BCUT2D eigenvalue weighted by molar-refractivity contribution is -0.0907. The third kappa shape index (κ3) is 8.92. The zero-order valence-corrected chi connectivity index (χ0v) is 30.3. The van der Waals surface area contributed by atoms with Crippen molar-refractivity contribution in [2.24, 2.45) is 11.8 Å². The number of sulfonamides is 1. The minimum Gasteiger partial charge on any atom is -0.485 e. The number of aliphatic hydroxyl groups excluding tert-OH is 1. The summed E-state index contributed by atoms with van der Waals surface area (Å²) < 4.78 is 68.0. The van der Waals surface area contributed by atoms with Crippen molar-refractivity contribution < 1.29 is 51.3 Å². The summed E-state index contributed by atoms with van der Waals surface area (Å²) >= 11 is 0. The van der Waals surface area contributed by atoms with Gasteiger partial charge in [-0.15, -0.1) is 0 Å². The number of benzene rings is 2. The normalized spacial score (nSPS) is 21.1. The molecule has 1 aromatic heterocycles. The molecule has 2 saturated heterocycles. The van der Waals surface area contributed by atoms with E-state index in [-0.39, 0.29) is 61.7 Å². The van der Waals surface area contributed by atoms with Crippen molar-refractivity contribution in [2.75, 3.05) is 33.1 Å². The highest BCUT2D eigenvalue weighted by Crippen LogP contribution is 2.35. The third-order valence-electron chi connectivity index (χ3n) is 8.81. The Morgan fingerprint density at radius 1 is 1.08 bits per heavy atom. The zero-order chi connectivity index (χ0) is 36.3. The number of ether oxygens (including phenoxy) is 6. The lowest BCUT2D eigenvalue weighted by Crippen LogP contribution is -2.51. The van der Waals surface area contributed by atoms with E-state index < -0.39 is 40.7 Å². The summed E-state index contributed by atoms with van der Waals surface area (Å²) in [5.74, 6) is 2.12. The molecule has 0 radical (unpaired) electrons. The number of carbonyl (C=O) groups excluding carboxylic acids is 1. The Morgan fingerprint density at radius 2 is 1.84 bits per heavy atom. The molecule has 1 unspecified atom stereocenters. The predicted octanol–water partition coefficient (Wildman–Crippen LogP) is 3.78. The maximum absolute atomic E-state index is 13.9. The molecule has 4 heterocycles. The van der Waals surface area contributed by atoms with Gasteiger partial charge < -0.3 is 43.4 Å². The standard InChI is InChI=1S/C35H46N4O11S/c1-21(2)16-39(51(42,43)24-10-11-28-29(15-24)48-20-47-28)17-27(40)26(36-34(41)49-30-18-46-32-25(30)12-13-44-32)14-22-6-8-23(9-7-22)45-19-31-37-33(50-38-31)35(3,4)5/h6-11,15,21,25-27,30,32,40H,12-14,16-20H2,1-5H3,(H,36,41)/t25-,26-,27+,30+,32?/m0/s1. The fourth-order valence-electron chi connectivity index (χ4n) is 6.09. The summed E-state index contributed by atoms with van der Waals surface area (Å²) in [6.07, 6.45) is -2.12. The van der Waals surface area contributed by atoms with Gasteiger partial charge >= 0.3 is 6.09 Å². The molecule has 15 nitrogen and oxygen atoms in total. The van der Waals surface area contributed by atoms with Crippen molar-refractivity contribution in [3.05, 3.63) is 59.7 Å². The topological polar surface area (TPSA) is 181 Å². The van der Waals surface area contributed by atoms with E-state index in [1.54, 1.807) is 30.3 Å². The number of aromatic nitrogens is 2. The highest BCUT2D eigenvalue weighted by atomic mass is 32.2. The Labute approximate surface area is 297 Å². The van der Waals surface area contributed by atoms with E-state index in [0.29, 0.717) is 42.0 Å². The first kappa shape index (κ1) is 36.8. The Kier molecular flexibility index (Phi) is 11.1. The molecule has 16 heteroatoms. The quantitative estimate of drug-likeness (QED) is 0.245. The molecule has 1 amide bonds. The average Bonchev–Trinajstić information content (AvgIpc) is 3.89. The fourth-order valence-corrected chi connectivity index (χ4v) is 7.73. The van der Waals surface area contributed by atoms with Crippen LogP contribution in [0.3, 0.4) is 0 Å². The van der Waals surface area contributed by atoms with Crippen LogP contribution in [0.15, 0.2) is 51.9 Å². The molecule has 3 aliphatic rings. The smallest absolute Gasteiger partial charge is 0.407 e. The van der Waals surface area contributed by atoms with Gasteiger partial charge in [-0.05, 0) is 48.6 Å². The van der Waals surface area contributed by atoms with Crippen LogP contribution in [0.1, 0.15) is 58.3 Å². The molecule has 0 aliphatic carbocycles. The average molecular weight is 731 g/mol. The Morgan fingerprint density at radius 3 is 2.57 bits per heavy atom. The largest absolute Gasteiger partial charge is 0.485 e. The van der Waals surface area contributed by atoms with E-state index in [2.05, 4.69) is 15.5 Å². The van der Waals surface area contributed by atoms with E-state index >= 15 is 0 Å². The molecule has 3 aliphatic heterocycles. The Balaban J connectivity index is 1.17. The SMILES string of the molecule is CC(C)CN(C[C@@H](O)[C@H](Cc1ccc(OCc2noc(C(C)(C)C)n2)cc1)NC(=O)O[C@@H]1COC2OCC[C@H]21)S(=O)(=O)c1ccc2c(c1)OCO2. The minimum atomic E-state index is -4.09. The monoisotopic (exact) mass is 730 g/mol. The molecule has 0 spiro atoms. The summed E-state index contributed by atoms with van der Waals surface area (Å²) in [4.78, 5) is 17.7. The van der Waals surface area contributed by atoms with Crippen LogP contribution >= 0.6 is 0 Å². The number of aliphatic hydroxyl groups is 1. The zero-order valence-electron chi connectivity index (χ0n) is 29.4. The van der Waals surface area contributed by atoms with Crippen molar-refractivity contribution in [1.29, 1.82) is 0 Å². The van der Waals surface area contributed by atoms with Crippen molar-refractivity contribution in [1.82, 2.24) is 19.8 Å². The predicted molar refractivity (Wildman–Crippen MR) is 181 cm³/mol. The molecular weight excluding hydrogens is 684 g/mol. The Bertz CT molecular complexity index is 1760. The van der Waals surface area contributed by atoms with Crippen molar-refractivity contribution in [2.45, 2.75) is 88.9 Å². The number of alkyl carbamates (subject to hydrolysis) is 1. The van der Waals surface area contributed by atoms with Crippen LogP contribution in [0.4, 0.5) is 4.79 Å². The van der Waals surface area contributed by atoms with Crippen LogP contribution in [0, 0.1) is 11.8 Å². The van der Waals surface area contributed by atoms with Gasteiger partial charge in [0.15, 0.2) is 24.4 Å². The van der Waals surface area contributed by atoms with Crippen molar-refractivity contribution in [3.8, 4) is 17.2 Å². The highest BCUT2D eigenvalue weighted by molar-refractivity contribution is 7.89. The second-order valence-corrected chi connectivity index (χ2v) is 16.4. The summed E-state index contributed by atoms with van der Waals surface area (Å²) in [5.41, 5.74) is 0.470. The number of carbonyl (C=O) groups is 1. The van der Waals surface area contributed by atoms with Gasteiger partial charge in [0, 0.05) is 24.6 Å². The van der Waals surface area contributed by atoms with Crippen molar-refractivity contribution >= 4 is 16.1 Å². The Hall–Kier alpha value is -3.96. The first-order valence-electron chi connectivity index (χ1n) is 17.1.